The molecule has 0 spiro atoms. The van der Waals surface area contributed by atoms with Crippen LogP contribution in [0.4, 0.5) is 0 Å². The van der Waals surface area contributed by atoms with Gasteiger partial charge in [-0.3, -0.25) is 4.79 Å². The summed E-state index contributed by atoms with van der Waals surface area (Å²) in [6.07, 6.45) is 0.479. The van der Waals surface area contributed by atoms with Crippen LogP contribution >= 0.6 is 0 Å². The van der Waals surface area contributed by atoms with Gasteiger partial charge in [0.25, 0.3) is 0 Å². The van der Waals surface area contributed by atoms with E-state index in [1.807, 2.05) is 0 Å². The van der Waals surface area contributed by atoms with Crippen molar-refractivity contribution in [2.75, 3.05) is 33.8 Å². The lowest BCUT2D eigenvalue weighted by atomic mass is 10.1. The Morgan fingerprint density at radius 3 is 2.93 bits per heavy atom. The van der Waals surface area contributed by atoms with E-state index in [1.165, 1.54) is 7.11 Å². The van der Waals surface area contributed by atoms with Gasteiger partial charge in [0.15, 0.2) is 0 Å². The van der Waals surface area contributed by atoms with Crippen LogP contribution in [-0.2, 0) is 9.53 Å². The van der Waals surface area contributed by atoms with E-state index in [4.69, 9.17) is 0 Å². The number of carbonyl (C=O) groups excluding carboxylic acids is 1. The first-order valence-electron chi connectivity index (χ1n) is 5.11. The third-order valence-corrected chi connectivity index (χ3v) is 2.73. The van der Waals surface area contributed by atoms with Crippen LogP contribution in [-0.4, -0.2) is 50.7 Å². The van der Waals surface area contributed by atoms with Gasteiger partial charge in [-0.1, -0.05) is 6.92 Å². The van der Waals surface area contributed by atoms with E-state index >= 15 is 0 Å². The highest BCUT2D eigenvalue weighted by atomic mass is 16.5. The fraction of sp³-hybridized carbons (Fsp3) is 0.900. The van der Waals surface area contributed by atoms with Crippen molar-refractivity contribution in [3.8, 4) is 0 Å². The Kier molecular flexibility index (Phi) is 4.35. The van der Waals surface area contributed by atoms with Gasteiger partial charge >= 0.3 is 5.97 Å². The fourth-order valence-corrected chi connectivity index (χ4v) is 1.86. The van der Waals surface area contributed by atoms with Crippen LogP contribution in [0.25, 0.3) is 0 Å². The van der Waals surface area contributed by atoms with E-state index in [-0.39, 0.29) is 12.0 Å². The molecule has 4 nitrogen and oxygen atoms in total. The molecular weight excluding hydrogens is 180 g/mol. The molecule has 14 heavy (non-hydrogen) atoms. The van der Waals surface area contributed by atoms with Gasteiger partial charge in [-0.25, -0.2) is 0 Å². The first kappa shape index (κ1) is 11.5. The molecule has 0 saturated carbocycles. The first-order valence-corrected chi connectivity index (χ1v) is 5.11. The lowest BCUT2D eigenvalue weighted by molar-refractivity contribution is -0.141. The molecule has 0 radical (unpaired) electrons. The normalized spacial score (nSPS) is 29.6. The van der Waals surface area contributed by atoms with Crippen LogP contribution in [0, 0.1) is 5.92 Å². The molecule has 1 rings (SSSR count). The van der Waals surface area contributed by atoms with Crippen LogP contribution in [0.1, 0.15) is 13.3 Å². The highest BCUT2D eigenvalue weighted by Crippen LogP contribution is 2.09. The number of nitrogens with one attached hydrogen (secondary N) is 1. The maximum absolute atomic E-state index is 11.1. The standard InChI is InChI=1S/C10H20N2O2/c1-8-5-11-6-9(12(2)7-8)4-10(13)14-3/h8-9,11H,4-7H2,1-3H3. The van der Waals surface area contributed by atoms with Gasteiger partial charge in [0, 0.05) is 19.1 Å². The van der Waals surface area contributed by atoms with Gasteiger partial charge in [-0.05, 0) is 19.5 Å². The number of hydrogen-bond acceptors (Lipinski definition) is 4. The van der Waals surface area contributed by atoms with E-state index < -0.39 is 0 Å². The molecule has 1 N–H and O–H groups in total. The number of carbonyl (C=O) groups is 1. The Bertz CT molecular complexity index is 197. The maximum Gasteiger partial charge on any atom is 0.307 e. The summed E-state index contributed by atoms with van der Waals surface area (Å²) >= 11 is 0. The summed E-state index contributed by atoms with van der Waals surface area (Å²) in [5.74, 6) is 0.515. The van der Waals surface area contributed by atoms with Crippen LogP contribution < -0.4 is 5.32 Å². The highest BCUT2D eigenvalue weighted by Gasteiger charge is 2.23. The van der Waals surface area contributed by atoms with Gasteiger partial charge in [0.1, 0.15) is 0 Å². The second-order valence-electron chi connectivity index (χ2n) is 4.14. The molecule has 1 saturated heterocycles. The number of hydrogen-bond donors (Lipinski definition) is 1. The molecule has 1 heterocycles. The Morgan fingerprint density at radius 1 is 1.57 bits per heavy atom. The first-order chi connectivity index (χ1) is 6.63. The molecule has 4 heteroatoms. The lowest BCUT2D eigenvalue weighted by Crippen LogP contribution is -2.39. The topological polar surface area (TPSA) is 41.6 Å². The van der Waals surface area contributed by atoms with Gasteiger partial charge in [0.2, 0.25) is 0 Å². The quantitative estimate of drug-likeness (QED) is 0.641. The van der Waals surface area contributed by atoms with Crippen molar-refractivity contribution in [1.82, 2.24) is 10.2 Å². The smallest absolute Gasteiger partial charge is 0.307 e. The van der Waals surface area contributed by atoms with Crippen LogP contribution in [0.5, 0.6) is 0 Å². The third-order valence-electron chi connectivity index (χ3n) is 2.73. The zero-order valence-corrected chi connectivity index (χ0v) is 9.25. The molecule has 1 fully saturated rings. The van der Waals surface area contributed by atoms with Crippen molar-refractivity contribution >= 4 is 5.97 Å². The molecule has 82 valence electrons. The van der Waals surface area contributed by atoms with Crippen molar-refractivity contribution in [2.45, 2.75) is 19.4 Å². The summed E-state index contributed by atoms with van der Waals surface area (Å²) in [7, 11) is 3.51. The Balaban J connectivity index is 2.46. The molecular formula is C10H20N2O2. The summed E-state index contributed by atoms with van der Waals surface area (Å²) in [4.78, 5) is 13.4. The number of rotatable bonds is 2. The maximum atomic E-state index is 11.1. The average Bonchev–Trinajstić information content (AvgIpc) is 2.29. The van der Waals surface area contributed by atoms with Gasteiger partial charge in [-0.15, -0.1) is 0 Å². The largest absolute Gasteiger partial charge is 0.469 e. The predicted octanol–water partition coefficient (Wildman–Crippen LogP) is 0.0892. The summed E-state index contributed by atoms with van der Waals surface area (Å²) in [5.41, 5.74) is 0. The van der Waals surface area contributed by atoms with Crippen LogP contribution in [0.3, 0.4) is 0 Å². The number of nitrogens with zero attached hydrogens (tertiary/aromatic N) is 1. The SMILES string of the molecule is COC(=O)CC1CNCC(C)CN1C. The molecule has 0 aliphatic carbocycles. The number of methoxy groups -OCH3 is 1. The van der Waals surface area contributed by atoms with Crippen molar-refractivity contribution in [1.29, 1.82) is 0 Å². The molecule has 0 bridgehead atoms. The molecule has 0 aromatic carbocycles. The highest BCUT2D eigenvalue weighted by molar-refractivity contribution is 5.69. The summed E-state index contributed by atoms with van der Waals surface area (Å²) in [6, 6.07) is 0.271. The molecule has 0 aromatic heterocycles. The zero-order chi connectivity index (χ0) is 10.6. The predicted molar refractivity (Wildman–Crippen MR) is 55.1 cm³/mol. The zero-order valence-electron chi connectivity index (χ0n) is 9.25. The van der Waals surface area contributed by atoms with E-state index in [0.29, 0.717) is 12.3 Å². The number of likely N-dealkylation sites (N-methyl/N-ethyl adjacent to an activating group) is 1. The molecule has 1 aliphatic heterocycles. The van der Waals surface area contributed by atoms with Crippen LogP contribution in [0.2, 0.25) is 0 Å². The molecule has 1 aliphatic rings. The Hall–Kier alpha value is -0.610. The molecule has 0 amide bonds. The minimum Gasteiger partial charge on any atom is -0.469 e. The van der Waals surface area contributed by atoms with E-state index in [1.54, 1.807) is 0 Å². The van der Waals surface area contributed by atoms with Crippen molar-refractivity contribution in [3.05, 3.63) is 0 Å². The average molecular weight is 200 g/mol. The van der Waals surface area contributed by atoms with E-state index in [2.05, 4.69) is 28.9 Å². The molecule has 0 aromatic rings. The Morgan fingerprint density at radius 2 is 2.29 bits per heavy atom. The summed E-state index contributed by atoms with van der Waals surface area (Å²) in [5, 5.41) is 3.36. The monoisotopic (exact) mass is 200 g/mol. The summed E-state index contributed by atoms with van der Waals surface area (Å²) < 4.78 is 4.68. The minimum absolute atomic E-state index is 0.127. The van der Waals surface area contributed by atoms with E-state index in [9.17, 15) is 4.79 Å². The van der Waals surface area contributed by atoms with Crippen molar-refractivity contribution in [3.63, 3.8) is 0 Å². The van der Waals surface area contributed by atoms with Crippen molar-refractivity contribution in [2.24, 2.45) is 5.92 Å². The van der Waals surface area contributed by atoms with Gasteiger partial charge < -0.3 is 15.0 Å². The fourth-order valence-electron chi connectivity index (χ4n) is 1.86. The van der Waals surface area contributed by atoms with Crippen LogP contribution in [0.15, 0.2) is 0 Å². The minimum atomic E-state index is -0.127. The lowest BCUT2D eigenvalue weighted by Gasteiger charge is -2.25. The molecule has 2 atom stereocenters. The van der Waals surface area contributed by atoms with Gasteiger partial charge in [0.05, 0.1) is 13.5 Å². The second-order valence-corrected chi connectivity index (χ2v) is 4.14. The second kappa shape index (κ2) is 5.32. The van der Waals surface area contributed by atoms with Gasteiger partial charge in [-0.2, -0.15) is 0 Å². The summed E-state index contributed by atoms with van der Waals surface area (Å²) in [6.45, 7) is 5.15. The Labute approximate surface area is 85.6 Å². The number of esters is 1. The number of ether oxygens (including phenoxy) is 1. The van der Waals surface area contributed by atoms with E-state index in [0.717, 1.165) is 19.6 Å². The molecule has 2 unspecified atom stereocenters. The third kappa shape index (κ3) is 3.27. The van der Waals surface area contributed by atoms with Crippen molar-refractivity contribution < 1.29 is 9.53 Å².